The van der Waals surface area contributed by atoms with Crippen molar-refractivity contribution in [2.24, 2.45) is 5.92 Å². The third kappa shape index (κ3) is 2.95. The van der Waals surface area contributed by atoms with Gasteiger partial charge in [0.25, 0.3) is 5.69 Å². The van der Waals surface area contributed by atoms with Crippen LogP contribution in [0.5, 0.6) is 5.75 Å². The maximum absolute atomic E-state index is 11.2. The number of nitrogens with zero attached hydrogens (tertiary/aromatic N) is 3. The first-order chi connectivity index (χ1) is 12.3. The van der Waals surface area contributed by atoms with Gasteiger partial charge in [-0.2, -0.15) is 5.26 Å². The number of anilines is 1. The van der Waals surface area contributed by atoms with Crippen molar-refractivity contribution in [1.29, 1.82) is 10.7 Å². The van der Waals surface area contributed by atoms with E-state index in [9.17, 15) is 15.4 Å². The minimum absolute atomic E-state index is 0.0255. The molecule has 2 unspecified atom stereocenters. The highest BCUT2D eigenvalue weighted by Gasteiger charge is 2.37. The van der Waals surface area contributed by atoms with Crippen LogP contribution in [0.2, 0.25) is 5.02 Å². The Morgan fingerprint density at radius 2 is 2.04 bits per heavy atom. The Balaban J connectivity index is 2.19. The van der Waals surface area contributed by atoms with E-state index >= 15 is 0 Å². The molecule has 2 aromatic carbocycles. The minimum Gasteiger partial charge on any atom is -0.442 e. The molecule has 7 nitrogen and oxygen atoms in total. The van der Waals surface area contributed by atoms with Crippen LogP contribution in [-0.2, 0) is 0 Å². The molecule has 1 aliphatic rings. The number of nitriles is 1. The Kier molecular flexibility index (Phi) is 4.53. The SMILES string of the molecule is CN(C)c1ccc2c(c1)OC(=N)C(C#N)C2c1ccc(Cl)c([N+](=O)[O-])c1. The highest BCUT2D eigenvalue weighted by molar-refractivity contribution is 6.32. The number of nitrogens with one attached hydrogen (secondary N) is 1. The number of halogens is 1. The van der Waals surface area contributed by atoms with E-state index in [1.165, 1.54) is 12.1 Å². The molecule has 1 aliphatic heterocycles. The summed E-state index contributed by atoms with van der Waals surface area (Å²) in [5, 5.41) is 28.9. The molecule has 0 bridgehead atoms. The second-order valence-corrected chi connectivity index (χ2v) is 6.54. The zero-order chi connectivity index (χ0) is 19.0. The highest BCUT2D eigenvalue weighted by Crippen LogP contribution is 2.44. The smallest absolute Gasteiger partial charge is 0.288 e. The van der Waals surface area contributed by atoms with Crippen LogP contribution in [-0.4, -0.2) is 24.9 Å². The number of fused-ring (bicyclic) bond motifs is 1. The van der Waals surface area contributed by atoms with E-state index in [-0.39, 0.29) is 16.6 Å². The van der Waals surface area contributed by atoms with Crippen molar-refractivity contribution < 1.29 is 9.66 Å². The zero-order valence-corrected chi connectivity index (χ0v) is 14.8. The van der Waals surface area contributed by atoms with Gasteiger partial charge >= 0.3 is 0 Å². The number of benzene rings is 2. The molecule has 2 aromatic rings. The van der Waals surface area contributed by atoms with E-state index in [0.717, 1.165) is 5.69 Å². The van der Waals surface area contributed by atoms with Crippen molar-refractivity contribution in [2.45, 2.75) is 5.92 Å². The van der Waals surface area contributed by atoms with E-state index in [1.54, 1.807) is 12.1 Å². The summed E-state index contributed by atoms with van der Waals surface area (Å²) < 4.78 is 5.55. The fraction of sp³-hybridized carbons (Fsp3) is 0.222. The van der Waals surface area contributed by atoms with Crippen molar-refractivity contribution in [3.8, 4) is 11.8 Å². The highest BCUT2D eigenvalue weighted by atomic mass is 35.5. The van der Waals surface area contributed by atoms with Gasteiger partial charge in [0.2, 0.25) is 5.90 Å². The Labute approximate surface area is 155 Å². The lowest BCUT2D eigenvalue weighted by atomic mass is 9.79. The van der Waals surface area contributed by atoms with Crippen molar-refractivity contribution in [1.82, 2.24) is 0 Å². The third-order valence-electron chi connectivity index (χ3n) is 4.35. The van der Waals surface area contributed by atoms with Gasteiger partial charge in [-0.25, -0.2) is 0 Å². The molecule has 3 rings (SSSR count). The Hall–Kier alpha value is -3.11. The zero-order valence-electron chi connectivity index (χ0n) is 14.1. The molecule has 8 heteroatoms. The number of nitro groups is 1. The molecule has 0 spiro atoms. The molecular weight excluding hydrogens is 356 g/mol. The Morgan fingerprint density at radius 3 is 2.65 bits per heavy atom. The first kappa shape index (κ1) is 17.7. The van der Waals surface area contributed by atoms with E-state index in [2.05, 4.69) is 6.07 Å². The Bertz CT molecular complexity index is 952. The van der Waals surface area contributed by atoms with Crippen LogP contribution in [0.15, 0.2) is 36.4 Å². The molecule has 0 saturated carbocycles. The second-order valence-electron chi connectivity index (χ2n) is 6.14. The van der Waals surface area contributed by atoms with Crippen LogP contribution >= 0.6 is 11.6 Å². The van der Waals surface area contributed by atoms with Crippen molar-refractivity contribution in [3.05, 3.63) is 62.7 Å². The van der Waals surface area contributed by atoms with Crippen LogP contribution in [0.4, 0.5) is 11.4 Å². The Morgan fingerprint density at radius 1 is 1.31 bits per heavy atom. The number of rotatable bonds is 3. The van der Waals surface area contributed by atoms with Gasteiger partial charge in [0.15, 0.2) is 0 Å². The van der Waals surface area contributed by atoms with Crippen LogP contribution in [0.25, 0.3) is 0 Å². The fourth-order valence-electron chi connectivity index (χ4n) is 3.03. The van der Waals surface area contributed by atoms with Crippen LogP contribution in [0.3, 0.4) is 0 Å². The monoisotopic (exact) mass is 370 g/mol. The number of nitro benzene ring substituents is 1. The van der Waals surface area contributed by atoms with Crippen LogP contribution < -0.4 is 9.64 Å². The largest absolute Gasteiger partial charge is 0.442 e. The topological polar surface area (TPSA) is 103 Å². The van der Waals surface area contributed by atoms with Gasteiger partial charge in [0, 0.05) is 43.4 Å². The molecular formula is C18H15ClN4O3. The summed E-state index contributed by atoms with van der Waals surface area (Å²) in [6.07, 6.45) is 0. The molecule has 0 aromatic heterocycles. The van der Waals surface area contributed by atoms with Gasteiger partial charge in [-0.15, -0.1) is 0 Å². The summed E-state index contributed by atoms with van der Waals surface area (Å²) >= 11 is 5.91. The summed E-state index contributed by atoms with van der Waals surface area (Å²) in [7, 11) is 3.77. The van der Waals surface area contributed by atoms with Crippen molar-refractivity contribution in [2.75, 3.05) is 19.0 Å². The molecule has 132 valence electrons. The van der Waals surface area contributed by atoms with E-state index in [1.807, 2.05) is 31.1 Å². The first-order valence-corrected chi connectivity index (χ1v) is 8.12. The lowest BCUT2D eigenvalue weighted by Crippen LogP contribution is -2.31. The average molecular weight is 371 g/mol. The molecule has 0 saturated heterocycles. The van der Waals surface area contributed by atoms with Crippen molar-refractivity contribution >= 4 is 28.9 Å². The fourth-order valence-corrected chi connectivity index (χ4v) is 3.21. The standard InChI is InChI=1S/C18H15ClN4O3/c1-22(2)11-4-5-12-16(8-11)26-18(21)13(9-20)17(12)10-3-6-14(19)15(7-10)23(24)25/h3-8,13,17,21H,1-2H3. The van der Waals surface area contributed by atoms with Gasteiger partial charge in [-0.3, -0.25) is 15.5 Å². The summed E-state index contributed by atoms with van der Waals surface area (Å²) in [6.45, 7) is 0. The van der Waals surface area contributed by atoms with E-state index in [0.29, 0.717) is 16.9 Å². The van der Waals surface area contributed by atoms with Gasteiger partial charge in [0.05, 0.1) is 11.0 Å². The maximum Gasteiger partial charge on any atom is 0.288 e. The summed E-state index contributed by atoms with van der Waals surface area (Å²) in [6, 6.07) is 12.0. The molecule has 26 heavy (non-hydrogen) atoms. The molecule has 0 fully saturated rings. The number of hydrogen-bond acceptors (Lipinski definition) is 6. The first-order valence-electron chi connectivity index (χ1n) is 7.74. The predicted molar refractivity (Wildman–Crippen MR) is 98.2 cm³/mol. The number of hydrogen-bond donors (Lipinski definition) is 1. The molecule has 0 radical (unpaired) electrons. The molecule has 0 aliphatic carbocycles. The lowest BCUT2D eigenvalue weighted by Gasteiger charge is -2.31. The predicted octanol–water partition coefficient (Wildman–Crippen LogP) is 3.96. The summed E-state index contributed by atoms with van der Waals surface area (Å²) in [4.78, 5) is 12.6. The maximum atomic E-state index is 11.2. The van der Waals surface area contributed by atoms with E-state index in [4.69, 9.17) is 21.7 Å². The molecule has 1 N–H and O–H groups in total. The summed E-state index contributed by atoms with van der Waals surface area (Å²) in [5.41, 5.74) is 1.90. The van der Waals surface area contributed by atoms with E-state index < -0.39 is 16.8 Å². The van der Waals surface area contributed by atoms with Crippen LogP contribution in [0, 0.1) is 32.8 Å². The van der Waals surface area contributed by atoms with Crippen LogP contribution in [0.1, 0.15) is 17.0 Å². The van der Waals surface area contributed by atoms with Gasteiger partial charge in [0.1, 0.15) is 16.7 Å². The second kappa shape index (κ2) is 6.65. The van der Waals surface area contributed by atoms with Gasteiger partial charge in [-0.1, -0.05) is 23.7 Å². The van der Waals surface area contributed by atoms with Gasteiger partial charge in [-0.05, 0) is 17.7 Å². The molecule has 1 heterocycles. The normalized spacial score (nSPS) is 18.5. The minimum atomic E-state index is -0.881. The average Bonchev–Trinajstić information content (AvgIpc) is 2.60. The molecule has 0 amide bonds. The quantitative estimate of drug-likeness (QED) is 0.650. The number of ether oxygens (including phenoxy) is 1. The van der Waals surface area contributed by atoms with Gasteiger partial charge < -0.3 is 9.64 Å². The lowest BCUT2D eigenvalue weighted by molar-refractivity contribution is -0.384. The van der Waals surface area contributed by atoms with Crippen molar-refractivity contribution in [3.63, 3.8) is 0 Å². The summed E-state index contributed by atoms with van der Waals surface area (Å²) in [5.74, 6) is -1.15. The molecule has 2 atom stereocenters. The third-order valence-corrected chi connectivity index (χ3v) is 4.67.